The molecule has 0 saturated heterocycles. The number of rotatable bonds is 7. The fourth-order valence-corrected chi connectivity index (χ4v) is 4.03. The molecule has 0 atom stereocenters. The smallest absolute Gasteiger partial charge is 0.343 e. The molecule has 2 aromatic rings. The molecular formula is C15H20N4O4S2. The normalized spacial score (nSPS) is 10.7. The predicted octanol–water partition coefficient (Wildman–Crippen LogP) is 2.18. The van der Waals surface area contributed by atoms with Gasteiger partial charge in [0, 0.05) is 11.4 Å². The Labute approximate surface area is 153 Å². The number of esters is 1. The number of aromatic amines is 1. The number of carbonyl (C=O) groups excluding carboxylic acids is 2. The monoisotopic (exact) mass is 384 g/mol. The molecule has 2 N–H and O–H groups in total. The van der Waals surface area contributed by atoms with E-state index in [0.29, 0.717) is 22.3 Å². The second-order valence-corrected chi connectivity index (χ2v) is 7.45. The molecule has 0 aliphatic heterocycles. The first kappa shape index (κ1) is 19.3. The zero-order valence-electron chi connectivity index (χ0n) is 14.5. The molecule has 0 aliphatic rings. The molecule has 0 radical (unpaired) electrons. The summed E-state index contributed by atoms with van der Waals surface area (Å²) in [6.07, 6.45) is 0.787. The summed E-state index contributed by atoms with van der Waals surface area (Å²) in [6, 6.07) is 0. The zero-order valence-corrected chi connectivity index (χ0v) is 16.1. The number of nitrogens with zero attached hydrogens (tertiary/aromatic N) is 2. The topological polar surface area (TPSA) is 106 Å². The average molecular weight is 384 g/mol. The summed E-state index contributed by atoms with van der Waals surface area (Å²) < 4.78 is 6.28. The van der Waals surface area contributed by atoms with Crippen molar-refractivity contribution in [2.45, 2.75) is 38.9 Å². The lowest BCUT2D eigenvalue weighted by atomic mass is 10.1. The predicted molar refractivity (Wildman–Crippen MR) is 97.6 cm³/mol. The highest BCUT2D eigenvalue weighted by atomic mass is 32.2. The number of hydrogen-bond acceptors (Lipinski definition) is 7. The molecule has 2 aromatic heterocycles. The van der Waals surface area contributed by atoms with Gasteiger partial charge in [-0.1, -0.05) is 18.7 Å². The van der Waals surface area contributed by atoms with Crippen LogP contribution in [0.1, 0.15) is 34.1 Å². The van der Waals surface area contributed by atoms with E-state index in [0.717, 1.165) is 28.6 Å². The lowest BCUT2D eigenvalue weighted by Gasteiger charge is -2.06. The van der Waals surface area contributed by atoms with Crippen LogP contribution in [0.15, 0.2) is 9.95 Å². The first-order valence-corrected chi connectivity index (χ1v) is 9.45. The number of anilines is 1. The number of aromatic nitrogens is 3. The molecule has 2 heterocycles. The van der Waals surface area contributed by atoms with Gasteiger partial charge >= 0.3 is 11.7 Å². The van der Waals surface area contributed by atoms with E-state index in [2.05, 4.69) is 15.5 Å². The summed E-state index contributed by atoms with van der Waals surface area (Å²) in [7, 11) is 1.31. The lowest BCUT2D eigenvalue weighted by molar-refractivity contribution is -0.113. The molecule has 0 aliphatic carbocycles. The molecular weight excluding hydrogens is 364 g/mol. The SMILES string of the molecule is CCCn1c(SCC(=O)Nc2sc(C)c(C)c2C(=O)OC)n[nH]c1=O. The van der Waals surface area contributed by atoms with Crippen LogP contribution in [0.4, 0.5) is 5.00 Å². The number of nitrogens with one attached hydrogen (secondary N) is 2. The highest BCUT2D eigenvalue weighted by molar-refractivity contribution is 7.99. The van der Waals surface area contributed by atoms with E-state index in [1.165, 1.54) is 23.0 Å². The maximum absolute atomic E-state index is 12.2. The highest BCUT2D eigenvalue weighted by Gasteiger charge is 2.21. The van der Waals surface area contributed by atoms with E-state index in [9.17, 15) is 14.4 Å². The first-order valence-electron chi connectivity index (χ1n) is 7.65. The van der Waals surface area contributed by atoms with Crippen molar-refractivity contribution >= 4 is 40.0 Å². The molecule has 0 bridgehead atoms. The Morgan fingerprint density at radius 2 is 2.12 bits per heavy atom. The number of amides is 1. The quantitative estimate of drug-likeness (QED) is 0.560. The number of ether oxygens (including phenoxy) is 1. The van der Waals surface area contributed by atoms with Crippen LogP contribution in [-0.2, 0) is 16.1 Å². The van der Waals surface area contributed by atoms with Crippen molar-refractivity contribution in [2.24, 2.45) is 0 Å². The van der Waals surface area contributed by atoms with Crippen LogP contribution in [0.3, 0.4) is 0 Å². The third-order valence-electron chi connectivity index (χ3n) is 3.53. The van der Waals surface area contributed by atoms with Gasteiger partial charge < -0.3 is 10.1 Å². The van der Waals surface area contributed by atoms with Crippen LogP contribution in [0.25, 0.3) is 0 Å². The summed E-state index contributed by atoms with van der Waals surface area (Å²) in [5.41, 5.74) is 0.886. The molecule has 0 aromatic carbocycles. The maximum atomic E-state index is 12.2. The number of carbonyl (C=O) groups is 2. The minimum absolute atomic E-state index is 0.0740. The van der Waals surface area contributed by atoms with Crippen molar-refractivity contribution < 1.29 is 14.3 Å². The molecule has 8 nitrogen and oxygen atoms in total. The van der Waals surface area contributed by atoms with E-state index in [1.807, 2.05) is 20.8 Å². The summed E-state index contributed by atoms with van der Waals surface area (Å²) in [6.45, 7) is 6.19. The van der Waals surface area contributed by atoms with Gasteiger partial charge in [-0.3, -0.25) is 9.36 Å². The molecule has 136 valence electrons. The van der Waals surface area contributed by atoms with Crippen LogP contribution in [-0.4, -0.2) is 39.5 Å². The van der Waals surface area contributed by atoms with Crippen molar-refractivity contribution in [3.8, 4) is 0 Å². The molecule has 2 rings (SSSR count). The second kappa shape index (κ2) is 8.34. The standard InChI is InChI=1S/C15H20N4O4S2/c1-5-6-19-14(22)17-18-15(19)24-7-10(20)16-12-11(13(21)23-4)8(2)9(3)25-12/h5-7H2,1-4H3,(H,16,20)(H,17,22). The van der Waals surface area contributed by atoms with E-state index >= 15 is 0 Å². The van der Waals surface area contributed by atoms with Crippen molar-refractivity contribution in [3.63, 3.8) is 0 Å². The number of hydrogen-bond donors (Lipinski definition) is 2. The van der Waals surface area contributed by atoms with Crippen molar-refractivity contribution in [2.75, 3.05) is 18.2 Å². The number of aryl methyl sites for hydroxylation is 1. The average Bonchev–Trinajstić information content (AvgIpc) is 3.06. The van der Waals surface area contributed by atoms with Crippen molar-refractivity contribution in [1.29, 1.82) is 0 Å². The number of thiophene rings is 1. The largest absolute Gasteiger partial charge is 0.465 e. The van der Waals surface area contributed by atoms with Gasteiger partial charge in [-0.05, 0) is 25.8 Å². The molecule has 0 saturated carbocycles. The van der Waals surface area contributed by atoms with Crippen LogP contribution < -0.4 is 11.0 Å². The number of H-pyrrole nitrogens is 1. The summed E-state index contributed by atoms with van der Waals surface area (Å²) in [5, 5.41) is 10.00. The van der Waals surface area contributed by atoms with Crippen LogP contribution in [0.2, 0.25) is 0 Å². The van der Waals surface area contributed by atoms with Gasteiger partial charge in [0.2, 0.25) is 5.91 Å². The molecule has 0 fully saturated rings. The Kier molecular flexibility index (Phi) is 6.43. The van der Waals surface area contributed by atoms with Gasteiger partial charge in [0.05, 0.1) is 18.4 Å². The number of thioether (sulfide) groups is 1. The lowest BCUT2D eigenvalue weighted by Crippen LogP contribution is -2.19. The van der Waals surface area contributed by atoms with Gasteiger partial charge in [0.1, 0.15) is 5.00 Å². The molecule has 1 amide bonds. The van der Waals surface area contributed by atoms with Crippen molar-refractivity contribution in [3.05, 3.63) is 26.5 Å². The Morgan fingerprint density at radius 3 is 2.76 bits per heavy atom. The van der Waals surface area contributed by atoms with E-state index in [1.54, 1.807) is 0 Å². The summed E-state index contributed by atoms with van der Waals surface area (Å²) >= 11 is 2.49. The Bertz CT molecular complexity index is 837. The summed E-state index contributed by atoms with van der Waals surface area (Å²) in [5.74, 6) is -0.686. The first-order chi connectivity index (χ1) is 11.9. The fraction of sp³-hybridized carbons (Fsp3) is 0.467. The molecule has 0 unspecified atom stereocenters. The van der Waals surface area contributed by atoms with Gasteiger partial charge in [-0.2, -0.15) is 0 Å². The van der Waals surface area contributed by atoms with Gasteiger partial charge in [-0.15, -0.1) is 16.4 Å². The number of methoxy groups -OCH3 is 1. The van der Waals surface area contributed by atoms with E-state index < -0.39 is 5.97 Å². The van der Waals surface area contributed by atoms with Gasteiger partial charge in [-0.25, -0.2) is 14.7 Å². The van der Waals surface area contributed by atoms with Gasteiger partial charge in [0.25, 0.3) is 0 Å². The van der Waals surface area contributed by atoms with Crippen LogP contribution >= 0.6 is 23.1 Å². The minimum Gasteiger partial charge on any atom is -0.465 e. The van der Waals surface area contributed by atoms with Crippen LogP contribution in [0.5, 0.6) is 0 Å². The van der Waals surface area contributed by atoms with E-state index in [-0.39, 0.29) is 17.3 Å². The van der Waals surface area contributed by atoms with Crippen LogP contribution in [0, 0.1) is 13.8 Å². The van der Waals surface area contributed by atoms with Crippen molar-refractivity contribution in [1.82, 2.24) is 14.8 Å². The van der Waals surface area contributed by atoms with E-state index in [4.69, 9.17) is 4.74 Å². The second-order valence-electron chi connectivity index (χ2n) is 5.28. The Morgan fingerprint density at radius 1 is 1.40 bits per heavy atom. The summed E-state index contributed by atoms with van der Waals surface area (Å²) in [4.78, 5) is 36.7. The third kappa shape index (κ3) is 4.31. The third-order valence-corrected chi connectivity index (χ3v) is 5.63. The Hall–Kier alpha value is -2.07. The highest BCUT2D eigenvalue weighted by Crippen LogP contribution is 2.33. The molecule has 25 heavy (non-hydrogen) atoms. The zero-order chi connectivity index (χ0) is 18.6. The minimum atomic E-state index is -0.478. The Balaban J connectivity index is 2.08. The molecule has 0 spiro atoms. The van der Waals surface area contributed by atoms with Gasteiger partial charge in [0.15, 0.2) is 5.16 Å². The fourth-order valence-electron chi connectivity index (χ4n) is 2.19. The maximum Gasteiger partial charge on any atom is 0.343 e. The molecule has 10 heteroatoms.